The Hall–Kier alpha value is -2.33. The number of rotatable bonds is 9. The van der Waals surface area contributed by atoms with E-state index in [0.717, 1.165) is 6.92 Å². The van der Waals surface area contributed by atoms with Gasteiger partial charge in [0.15, 0.2) is 29.9 Å². The van der Waals surface area contributed by atoms with Crippen LogP contribution in [0.5, 0.6) is 0 Å². The molecule has 3 fully saturated rings. The van der Waals surface area contributed by atoms with Gasteiger partial charge in [0.25, 0.3) is 5.67 Å². The number of oxime groups is 1. The molecule has 0 bridgehead atoms. The number of ether oxygens (including phenoxy) is 5. The lowest BCUT2D eigenvalue weighted by Gasteiger charge is -2.47. The van der Waals surface area contributed by atoms with E-state index in [1.165, 1.54) is 21.0 Å². The fourth-order valence-electron chi connectivity index (χ4n) is 8.14. The molecule has 0 radical (unpaired) electrons. The van der Waals surface area contributed by atoms with Gasteiger partial charge in [-0.15, -0.1) is 0 Å². The maximum Gasteiger partial charge on any atom is 0.351 e. The number of hydrogen-bond donors (Lipinski definition) is 3. The van der Waals surface area contributed by atoms with Crippen molar-refractivity contribution in [2.75, 3.05) is 27.6 Å². The number of amidine groups is 1. The van der Waals surface area contributed by atoms with Crippen LogP contribution in [0.2, 0.25) is 0 Å². The van der Waals surface area contributed by atoms with Gasteiger partial charge in [-0.05, 0) is 61.1 Å². The van der Waals surface area contributed by atoms with Crippen LogP contribution in [0, 0.1) is 29.6 Å². The van der Waals surface area contributed by atoms with Crippen molar-refractivity contribution in [3.8, 4) is 0 Å². The van der Waals surface area contributed by atoms with Crippen LogP contribution in [0.1, 0.15) is 74.7 Å². The number of nitrogens with zero attached hydrogens (tertiary/aromatic N) is 2. The Kier molecular flexibility index (Phi) is 14.2. The maximum absolute atomic E-state index is 16.7. The molecule has 0 amide bonds. The number of esters is 2. The number of nitrogens with two attached hydrogens (primary N) is 1. The number of aliphatic hydroxyl groups excluding tert-OH is 1. The molecule has 0 saturated carbocycles. The van der Waals surface area contributed by atoms with Crippen LogP contribution < -0.4 is 5.73 Å². The van der Waals surface area contributed by atoms with E-state index in [4.69, 9.17) is 39.1 Å². The van der Waals surface area contributed by atoms with Crippen LogP contribution in [-0.4, -0.2) is 125 Å². The van der Waals surface area contributed by atoms with Crippen LogP contribution in [0.4, 0.5) is 4.39 Å². The number of aliphatic hydroxyl groups is 1. The zero-order chi connectivity index (χ0) is 38.8. The molecule has 0 aromatic heterocycles. The zero-order valence-electron chi connectivity index (χ0n) is 31.5. The standard InChI is InChI=1S/C34H57FN3O12P/c1-12-21-34(8)23(22(29(42)50-34)28(36)37-46-15-51-44)18(4)24(39)16(2)14-32(6,45-11)27(19(5)26(41)33(7,35)31(43)48-21)49-30-25(40)20(38(9)10)13-17(3)47-30/h16-23,25,27,30,40,44,51H,12-15H2,1-11H3,(H2,36,37)/t16-,17-,18-,19+,20+,21+,22-,23+,25-,27-,30?,32-,33+,34+/m1/s1. The summed E-state index contributed by atoms with van der Waals surface area (Å²) in [4.78, 5) is 71.8. The van der Waals surface area contributed by atoms with Crippen LogP contribution in [0.25, 0.3) is 0 Å². The molecule has 15 atom stereocenters. The minimum atomic E-state index is -3.22. The fraction of sp³-hybridized carbons (Fsp3) is 0.853. The lowest BCUT2D eigenvalue weighted by atomic mass is 9.67. The van der Waals surface area contributed by atoms with Crippen LogP contribution in [0.15, 0.2) is 5.16 Å². The smallest absolute Gasteiger partial charge is 0.351 e. The second-order valence-electron chi connectivity index (χ2n) is 15.0. The maximum atomic E-state index is 16.7. The molecule has 292 valence electrons. The summed E-state index contributed by atoms with van der Waals surface area (Å²) in [6, 6.07) is -0.380. The van der Waals surface area contributed by atoms with E-state index in [-0.39, 0.29) is 43.0 Å². The highest BCUT2D eigenvalue weighted by Crippen LogP contribution is 2.48. The van der Waals surface area contributed by atoms with E-state index >= 15 is 4.39 Å². The van der Waals surface area contributed by atoms with Gasteiger partial charge in [0, 0.05) is 36.8 Å². The molecular weight excluding hydrogens is 692 g/mol. The Balaban J connectivity index is 2.20. The second kappa shape index (κ2) is 16.8. The first kappa shape index (κ1) is 43.1. The lowest BCUT2D eigenvalue weighted by Crippen LogP contribution is -2.61. The number of Topliss-reactive ketones (excluding diaryl/α,β-unsaturated/α-hetero) is 2. The van der Waals surface area contributed by atoms with E-state index in [2.05, 4.69) is 5.16 Å². The third kappa shape index (κ3) is 8.58. The van der Waals surface area contributed by atoms with Crippen molar-refractivity contribution in [2.45, 2.75) is 128 Å². The third-order valence-corrected chi connectivity index (χ3v) is 11.3. The van der Waals surface area contributed by atoms with Crippen molar-refractivity contribution >= 4 is 38.1 Å². The Morgan fingerprint density at radius 2 is 1.75 bits per heavy atom. The molecule has 0 spiro atoms. The van der Waals surface area contributed by atoms with Gasteiger partial charge in [0.05, 0.1) is 26.6 Å². The number of cyclic esters (lactones) is 1. The van der Waals surface area contributed by atoms with Gasteiger partial charge in [-0.25, -0.2) is 9.18 Å². The summed E-state index contributed by atoms with van der Waals surface area (Å²) in [5, 5.41) is 15.1. The first-order chi connectivity index (χ1) is 23.6. The van der Waals surface area contributed by atoms with E-state index in [0.29, 0.717) is 6.42 Å². The highest BCUT2D eigenvalue weighted by atomic mass is 31.1. The largest absolute Gasteiger partial charge is 0.455 e. The minimum Gasteiger partial charge on any atom is -0.455 e. The summed E-state index contributed by atoms with van der Waals surface area (Å²) < 4.78 is 46.7. The molecule has 3 heterocycles. The number of fused-ring (bicyclic) bond motifs is 1. The normalized spacial score (nSPS) is 43.6. The van der Waals surface area contributed by atoms with Crippen LogP contribution >= 0.6 is 8.81 Å². The average molecular weight is 750 g/mol. The molecule has 0 aliphatic carbocycles. The van der Waals surface area contributed by atoms with Gasteiger partial charge in [0.1, 0.15) is 23.9 Å². The van der Waals surface area contributed by atoms with Gasteiger partial charge in [0.2, 0.25) is 0 Å². The summed E-state index contributed by atoms with van der Waals surface area (Å²) in [7, 11) is 4.34. The average Bonchev–Trinajstić information content (AvgIpc) is 3.35. The number of carbonyl (C=O) groups excluding carboxylic acids is 4. The number of hydrogen-bond acceptors (Lipinski definition) is 14. The van der Waals surface area contributed by atoms with Crippen molar-refractivity contribution in [3.05, 3.63) is 0 Å². The van der Waals surface area contributed by atoms with Gasteiger partial charge < -0.3 is 49.2 Å². The summed E-state index contributed by atoms with van der Waals surface area (Å²) in [6.07, 6.45) is -5.25. The molecule has 17 heteroatoms. The first-order valence-electron chi connectivity index (χ1n) is 17.4. The predicted octanol–water partition coefficient (Wildman–Crippen LogP) is 2.08. The fourth-order valence-corrected chi connectivity index (χ4v) is 8.26. The van der Waals surface area contributed by atoms with Crippen LogP contribution in [0.3, 0.4) is 0 Å². The molecule has 0 aromatic rings. The topological polar surface area (TPSA) is 206 Å². The van der Waals surface area contributed by atoms with Gasteiger partial charge in [-0.3, -0.25) is 14.4 Å². The predicted molar refractivity (Wildman–Crippen MR) is 184 cm³/mol. The molecule has 2 unspecified atom stereocenters. The molecule has 3 rings (SSSR count). The number of halogens is 1. The van der Waals surface area contributed by atoms with E-state index in [1.54, 1.807) is 41.8 Å². The summed E-state index contributed by atoms with van der Waals surface area (Å²) in [5.74, 6) is -9.91. The highest BCUT2D eigenvalue weighted by molar-refractivity contribution is 7.30. The first-order valence-corrected chi connectivity index (χ1v) is 18.5. The monoisotopic (exact) mass is 749 g/mol. The number of ketones is 2. The number of likely N-dealkylation sites (N-methyl/N-ethyl adjacent to an activating group) is 1. The second-order valence-corrected chi connectivity index (χ2v) is 15.6. The Bertz CT molecular complexity index is 1320. The van der Waals surface area contributed by atoms with Gasteiger partial charge in [-0.1, -0.05) is 32.9 Å². The molecule has 3 saturated heterocycles. The zero-order valence-corrected chi connectivity index (χ0v) is 32.5. The molecule has 4 N–H and O–H groups in total. The van der Waals surface area contributed by atoms with E-state index < -0.39 is 97.6 Å². The Morgan fingerprint density at radius 1 is 1.12 bits per heavy atom. The summed E-state index contributed by atoms with van der Waals surface area (Å²) in [5.41, 5.74) is -0.203. The van der Waals surface area contributed by atoms with E-state index in [9.17, 15) is 24.3 Å². The molecular formula is C34H57FN3O12P. The molecule has 3 aliphatic rings. The highest BCUT2D eigenvalue weighted by Gasteiger charge is 2.63. The summed E-state index contributed by atoms with van der Waals surface area (Å²) in [6.45, 7) is 11.9. The number of alkyl halides is 1. The molecule has 15 nitrogen and oxygen atoms in total. The Labute approximate surface area is 301 Å². The SMILES string of the molecule is CC[C@@H]1OC(=O)[C@@](C)(F)C(=O)[C@H](C)[C@@H](OC2O[C@H](C)C[C@H](N(C)C)[C@H]2O)[C@](C)(OC)C[C@@H](C)C(=O)[C@H](C)[C@H]2[C@H](/C(N)=N/OCPO)C(=O)O[C@]21C. The van der Waals surface area contributed by atoms with Gasteiger partial charge >= 0.3 is 11.9 Å². The minimum absolute atomic E-state index is 0.00379. The molecule has 51 heavy (non-hydrogen) atoms. The van der Waals surface area contributed by atoms with Crippen molar-refractivity contribution in [1.82, 2.24) is 4.90 Å². The summed E-state index contributed by atoms with van der Waals surface area (Å²) >= 11 is 0. The molecule has 3 aliphatic heterocycles. The van der Waals surface area contributed by atoms with Crippen molar-refractivity contribution in [2.24, 2.45) is 40.5 Å². The molecule has 0 aromatic carbocycles. The quantitative estimate of drug-likeness (QED) is 0.0588. The van der Waals surface area contributed by atoms with Gasteiger partial charge in [-0.2, -0.15) is 0 Å². The van der Waals surface area contributed by atoms with E-state index in [1.807, 2.05) is 11.8 Å². The number of methoxy groups -OCH3 is 1. The van der Waals surface area contributed by atoms with Crippen molar-refractivity contribution in [1.29, 1.82) is 0 Å². The Morgan fingerprint density at radius 3 is 2.29 bits per heavy atom. The number of carbonyl (C=O) groups is 4. The lowest BCUT2D eigenvalue weighted by molar-refractivity contribution is -0.295. The third-order valence-electron chi connectivity index (χ3n) is 11.0. The van der Waals surface area contributed by atoms with Crippen molar-refractivity contribution < 1.29 is 62.1 Å². The van der Waals surface area contributed by atoms with Crippen LogP contribution in [-0.2, 0) is 47.7 Å². The van der Waals surface area contributed by atoms with Crippen molar-refractivity contribution in [3.63, 3.8) is 0 Å².